The van der Waals surface area contributed by atoms with Gasteiger partial charge in [-0.15, -0.1) is 0 Å². The molecule has 2 aromatic rings. The molecule has 0 saturated heterocycles. The van der Waals surface area contributed by atoms with Crippen LogP contribution in [0.25, 0.3) is 11.4 Å². The van der Waals surface area contributed by atoms with Gasteiger partial charge in [0.05, 0.1) is 17.6 Å². The van der Waals surface area contributed by atoms with E-state index in [2.05, 4.69) is 20.3 Å². The molecule has 0 aromatic carbocycles. The molecule has 2 rings (SSSR count). The third-order valence-electron chi connectivity index (χ3n) is 2.83. The van der Waals surface area contributed by atoms with Gasteiger partial charge in [-0.1, -0.05) is 6.92 Å². The first-order valence-electron chi connectivity index (χ1n) is 5.70. The van der Waals surface area contributed by atoms with Crippen molar-refractivity contribution >= 4 is 5.82 Å². The molecule has 0 fully saturated rings. The largest absolute Gasteiger partial charge is 0.373 e. The van der Waals surface area contributed by atoms with Crippen LogP contribution in [0.15, 0.2) is 12.3 Å². The Bertz CT molecular complexity index is 507. The minimum absolute atomic E-state index is 0.819. The Labute approximate surface area is 101 Å². The summed E-state index contributed by atoms with van der Waals surface area (Å²) in [6, 6.07) is 1.94. The molecule has 1 N–H and O–H groups in total. The Morgan fingerprint density at radius 1 is 1.35 bits per heavy atom. The fourth-order valence-electron chi connectivity index (χ4n) is 1.65. The van der Waals surface area contributed by atoms with Crippen molar-refractivity contribution in [2.45, 2.75) is 20.3 Å². The zero-order valence-corrected chi connectivity index (χ0v) is 10.7. The average molecular weight is 231 g/mol. The van der Waals surface area contributed by atoms with Crippen LogP contribution in [0.2, 0.25) is 0 Å². The summed E-state index contributed by atoms with van der Waals surface area (Å²) in [5, 5.41) is 3.06. The molecular formula is C12H17N5. The molecule has 0 spiro atoms. The normalized spacial score (nSPS) is 10.6. The van der Waals surface area contributed by atoms with Crippen LogP contribution in [0.1, 0.15) is 18.6 Å². The molecule has 0 aliphatic carbocycles. The summed E-state index contributed by atoms with van der Waals surface area (Å²) >= 11 is 0. The molecule has 0 bridgehead atoms. The van der Waals surface area contributed by atoms with Gasteiger partial charge in [0, 0.05) is 26.6 Å². The van der Waals surface area contributed by atoms with E-state index in [-0.39, 0.29) is 0 Å². The van der Waals surface area contributed by atoms with Gasteiger partial charge in [-0.05, 0) is 6.92 Å². The van der Waals surface area contributed by atoms with Crippen LogP contribution in [0.3, 0.4) is 0 Å². The molecule has 5 heteroatoms. The average Bonchev–Trinajstić information content (AvgIpc) is 2.69. The number of hydrogen-bond donors (Lipinski definition) is 1. The number of imidazole rings is 1. The molecule has 0 unspecified atom stereocenters. The highest BCUT2D eigenvalue weighted by Crippen LogP contribution is 2.20. The van der Waals surface area contributed by atoms with Crippen molar-refractivity contribution in [2.24, 2.45) is 7.05 Å². The number of hydrogen-bond acceptors (Lipinski definition) is 4. The predicted molar refractivity (Wildman–Crippen MR) is 67.9 cm³/mol. The number of nitrogens with one attached hydrogen (secondary N) is 1. The fraction of sp³-hybridized carbons (Fsp3) is 0.417. The highest BCUT2D eigenvalue weighted by molar-refractivity contribution is 5.58. The quantitative estimate of drug-likeness (QED) is 0.875. The van der Waals surface area contributed by atoms with Crippen LogP contribution in [0.4, 0.5) is 5.82 Å². The maximum Gasteiger partial charge on any atom is 0.131 e. The van der Waals surface area contributed by atoms with Crippen LogP contribution in [0.5, 0.6) is 0 Å². The third-order valence-corrected chi connectivity index (χ3v) is 2.83. The van der Waals surface area contributed by atoms with E-state index in [9.17, 15) is 0 Å². The van der Waals surface area contributed by atoms with E-state index in [0.717, 1.165) is 35.3 Å². The molecule has 0 aliphatic heterocycles. The molecule has 0 amide bonds. The topological polar surface area (TPSA) is 55.6 Å². The SMILES string of the molecule is CCc1nc(NC)cc(-c2cnc(C)n2C)n1. The van der Waals surface area contributed by atoms with E-state index >= 15 is 0 Å². The Morgan fingerprint density at radius 3 is 2.65 bits per heavy atom. The summed E-state index contributed by atoms with van der Waals surface area (Å²) in [7, 11) is 3.85. The molecule has 2 aromatic heterocycles. The molecule has 0 saturated carbocycles. The van der Waals surface area contributed by atoms with E-state index in [1.54, 1.807) is 0 Å². The molecule has 0 atom stereocenters. The Kier molecular flexibility index (Phi) is 3.08. The van der Waals surface area contributed by atoms with Gasteiger partial charge in [-0.2, -0.15) is 0 Å². The molecule has 2 heterocycles. The number of anilines is 1. The van der Waals surface area contributed by atoms with E-state index in [4.69, 9.17) is 0 Å². The van der Waals surface area contributed by atoms with E-state index in [1.165, 1.54) is 0 Å². The smallest absolute Gasteiger partial charge is 0.131 e. The first-order chi connectivity index (χ1) is 8.15. The molecule has 0 radical (unpaired) electrons. The summed E-state index contributed by atoms with van der Waals surface area (Å²) in [6.07, 6.45) is 2.66. The van der Waals surface area contributed by atoms with Crippen molar-refractivity contribution in [2.75, 3.05) is 12.4 Å². The van der Waals surface area contributed by atoms with Gasteiger partial charge in [-0.3, -0.25) is 0 Å². The second-order valence-corrected chi connectivity index (χ2v) is 3.91. The molecule has 90 valence electrons. The maximum absolute atomic E-state index is 4.53. The summed E-state index contributed by atoms with van der Waals surface area (Å²) in [5.74, 6) is 2.65. The highest BCUT2D eigenvalue weighted by Gasteiger charge is 2.09. The van der Waals surface area contributed by atoms with Crippen molar-refractivity contribution < 1.29 is 0 Å². The highest BCUT2D eigenvalue weighted by atomic mass is 15.1. The Hall–Kier alpha value is -1.91. The monoisotopic (exact) mass is 231 g/mol. The lowest BCUT2D eigenvalue weighted by Gasteiger charge is -2.07. The van der Waals surface area contributed by atoms with Gasteiger partial charge < -0.3 is 9.88 Å². The summed E-state index contributed by atoms with van der Waals surface area (Å²) in [5.41, 5.74) is 1.92. The van der Waals surface area contributed by atoms with Gasteiger partial charge in [0.2, 0.25) is 0 Å². The standard InChI is InChI=1S/C12H17N5/c1-5-11-15-9(6-12(13-3)16-11)10-7-14-8(2)17(10)4/h6-7H,5H2,1-4H3,(H,13,15,16). The van der Waals surface area contributed by atoms with E-state index < -0.39 is 0 Å². The number of nitrogens with zero attached hydrogens (tertiary/aromatic N) is 4. The minimum Gasteiger partial charge on any atom is -0.373 e. The van der Waals surface area contributed by atoms with Crippen LogP contribution in [-0.2, 0) is 13.5 Å². The van der Waals surface area contributed by atoms with Crippen LogP contribution < -0.4 is 5.32 Å². The van der Waals surface area contributed by atoms with Gasteiger partial charge in [-0.25, -0.2) is 15.0 Å². The first kappa shape index (κ1) is 11.6. The lowest BCUT2D eigenvalue weighted by atomic mass is 10.3. The number of aromatic nitrogens is 4. The zero-order chi connectivity index (χ0) is 12.4. The molecule has 5 nitrogen and oxygen atoms in total. The van der Waals surface area contributed by atoms with Gasteiger partial charge in [0.25, 0.3) is 0 Å². The summed E-state index contributed by atoms with van der Waals surface area (Å²) < 4.78 is 2.03. The van der Waals surface area contributed by atoms with Crippen LogP contribution >= 0.6 is 0 Å². The molecular weight excluding hydrogens is 214 g/mol. The predicted octanol–water partition coefficient (Wildman–Crippen LogP) is 1.79. The number of rotatable bonds is 3. The maximum atomic E-state index is 4.53. The second-order valence-electron chi connectivity index (χ2n) is 3.91. The van der Waals surface area contributed by atoms with Crippen molar-refractivity contribution in [3.05, 3.63) is 23.9 Å². The first-order valence-corrected chi connectivity index (χ1v) is 5.70. The fourth-order valence-corrected chi connectivity index (χ4v) is 1.65. The van der Waals surface area contributed by atoms with Crippen LogP contribution in [-0.4, -0.2) is 26.6 Å². The number of aryl methyl sites for hydroxylation is 2. The zero-order valence-electron chi connectivity index (χ0n) is 10.7. The van der Waals surface area contributed by atoms with Crippen molar-refractivity contribution in [3.8, 4) is 11.4 Å². The molecule has 0 aliphatic rings. The van der Waals surface area contributed by atoms with Gasteiger partial charge >= 0.3 is 0 Å². The van der Waals surface area contributed by atoms with E-state index in [1.807, 2.05) is 44.8 Å². The minimum atomic E-state index is 0.819. The lowest BCUT2D eigenvalue weighted by Crippen LogP contribution is -2.03. The summed E-state index contributed by atoms with van der Waals surface area (Å²) in [6.45, 7) is 4.03. The Morgan fingerprint density at radius 2 is 2.12 bits per heavy atom. The van der Waals surface area contributed by atoms with Crippen molar-refractivity contribution in [1.29, 1.82) is 0 Å². The van der Waals surface area contributed by atoms with Crippen molar-refractivity contribution in [3.63, 3.8) is 0 Å². The van der Waals surface area contributed by atoms with E-state index in [0.29, 0.717) is 0 Å². The van der Waals surface area contributed by atoms with Crippen molar-refractivity contribution in [1.82, 2.24) is 19.5 Å². The molecule has 17 heavy (non-hydrogen) atoms. The summed E-state index contributed by atoms with van der Waals surface area (Å²) in [4.78, 5) is 13.2. The van der Waals surface area contributed by atoms with Crippen LogP contribution in [0, 0.1) is 6.92 Å². The third kappa shape index (κ3) is 2.13. The Balaban J connectivity index is 2.54. The van der Waals surface area contributed by atoms with Gasteiger partial charge in [0.1, 0.15) is 17.5 Å². The van der Waals surface area contributed by atoms with Gasteiger partial charge in [0.15, 0.2) is 0 Å². The second kappa shape index (κ2) is 4.53. The lowest BCUT2D eigenvalue weighted by molar-refractivity contribution is 0.855.